The number of piperidine rings is 1. The molecule has 4 rings (SSSR count). The quantitative estimate of drug-likeness (QED) is 0.472. The van der Waals surface area contributed by atoms with Crippen molar-refractivity contribution < 1.29 is 4.79 Å². The van der Waals surface area contributed by atoms with Crippen LogP contribution in [0.5, 0.6) is 0 Å². The highest BCUT2D eigenvalue weighted by Gasteiger charge is 2.28. The molecule has 3 aromatic rings. The molecule has 160 valence electrons. The Morgan fingerprint density at radius 3 is 1.81 bits per heavy atom. The zero-order chi connectivity index (χ0) is 21.5. The second-order valence-corrected chi connectivity index (χ2v) is 8.78. The van der Waals surface area contributed by atoms with Crippen LogP contribution in [0.3, 0.4) is 0 Å². The summed E-state index contributed by atoms with van der Waals surface area (Å²) >= 11 is 6.00. The number of likely N-dealkylation sites (tertiary alicyclic amines) is 1. The van der Waals surface area contributed by atoms with Crippen LogP contribution in [0.2, 0.25) is 5.02 Å². The highest BCUT2D eigenvalue weighted by atomic mass is 35.5. The van der Waals surface area contributed by atoms with E-state index < -0.39 is 0 Å². The summed E-state index contributed by atoms with van der Waals surface area (Å²) in [6, 6.07) is 28.6. The summed E-state index contributed by atoms with van der Waals surface area (Å²) in [4.78, 5) is 18.0. The molecule has 0 saturated carbocycles. The first-order chi connectivity index (χ1) is 15.2. The Hall–Kier alpha value is -2.62. The van der Waals surface area contributed by atoms with Crippen LogP contribution in [0, 0.1) is 5.92 Å². The standard InChI is InChI=1S/C27H29ClN2O/c28-26-13-11-24(12-14-26)19-29-17-15-25(16-18-29)27(31)30(20-22-7-3-1-4-8-22)21-23-9-5-2-6-10-23/h1-14,25H,15-21H2. The highest BCUT2D eigenvalue weighted by molar-refractivity contribution is 6.30. The van der Waals surface area contributed by atoms with Crippen molar-refractivity contribution in [3.05, 3.63) is 107 Å². The number of nitrogens with zero attached hydrogens (tertiary/aromatic N) is 2. The van der Waals surface area contributed by atoms with Crippen molar-refractivity contribution in [1.29, 1.82) is 0 Å². The smallest absolute Gasteiger partial charge is 0.226 e. The molecule has 1 heterocycles. The summed E-state index contributed by atoms with van der Waals surface area (Å²) in [6.07, 6.45) is 1.82. The van der Waals surface area contributed by atoms with Gasteiger partial charge in [0.2, 0.25) is 5.91 Å². The predicted molar refractivity (Wildman–Crippen MR) is 127 cm³/mol. The molecule has 3 nitrogen and oxygen atoms in total. The Bertz CT molecular complexity index is 910. The third kappa shape index (κ3) is 6.19. The van der Waals surface area contributed by atoms with Crippen LogP contribution in [-0.2, 0) is 24.4 Å². The zero-order valence-corrected chi connectivity index (χ0v) is 18.5. The van der Waals surface area contributed by atoms with E-state index in [9.17, 15) is 4.79 Å². The van der Waals surface area contributed by atoms with E-state index in [0.29, 0.717) is 13.1 Å². The van der Waals surface area contributed by atoms with E-state index in [1.807, 2.05) is 53.4 Å². The molecule has 31 heavy (non-hydrogen) atoms. The molecule has 3 aromatic carbocycles. The Kier molecular flexibility index (Phi) is 7.39. The topological polar surface area (TPSA) is 23.6 Å². The van der Waals surface area contributed by atoms with E-state index in [-0.39, 0.29) is 11.8 Å². The highest BCUT2D eigenvalue weighted by Crippen LogP contribution is 2.24. The molecule has 0 unspecified atom stereocenters. The minimum atomic E-state index is 0.0916. The van der Waals surface area contributed by atoms with Gasteiger partial charge in [-0.15, -0.1) is 0 Å². The van der Waals surface area contributed by atoms with Gasteiger partial charge in [0.05, 0.1) is 0 Å². The minimum Gasteiger partial charge on any atom is -0.334 e. The number of rotatable bonds is 7. The summed E-state index contributed by atoms with van der Waals surface area (Å²) in [6.45, 7) is 4.11. The maximum absolute atomic E-state index is 13.5. The van der Waals surface area contributed by atoms with Crippen LogP contribution in [0.15, 0.2) is 84.9 Å². The fraction of sp³-hybridized carbons (Fsp3) is 0.296. The van der Waals surface area contributed by atoms with E-state index in [2.05, 4.69) is 41.3 Å². The zero-order valence-electron chi connectivity index (χ0n) is 17.8. The SMILES string of the molecule is O=C(C1CCN(Cc2ccc(Cl)cc2)CC1)N(Cc1ccccc1)Cc1ccccc1. The van der Waals surface area contributed by atoms with Gasteiger partial charge < -0.3 is 4.90 Å². The first kappa shape index (κ1) is 21.6. The van der Waals surface area contributed by atoms with Crippen molar-refractivity contribution in [3.63, 3.8) is 0 Å². The largest absolute Gasteiger partial charge is 0.334 e. The number of amides is 1. The average molecular weight is 433 g/mol. The Morgan fingerprint density at radius 2 is 1.29 bits per heavy atom. The number of hydrogen-bond acceptors (Lipinski definition) is 2. The molecular weight excluding hydrogens is 404 g/mol. The molecule has 4 heteroatoms. The van der Waals surface area contributed by atoms with Crippen molar-refractivity contribution in [2.24, 2.45) is 5.92 Å². The molecule has 0 bridgehead atoms. The lowest BCUT2D eigenvalue weighted by atomic mass is 9.94. The molecule has 0 aromatic heterocycles. The lowest BCUT2D eigenvalue weighted by Crippen LogP contribution is -2.41. The molecule has 1 aliphatic rings. The van der Waals surface area contributed by atoms with Crippen LogP contribution in [-0.4, -0.2) is 28.8 Å². The van der Waals surface area contributed by atoms with Gasteiger partial charge in [-0.05, 0) is 54.8 Å². The Balaban J connectivity index is 1.39. The molecule has 0 spiro atoms. The maximum Gasteiger partial charge on any atom is 0.226 e. The van der Waals surface area contributed by atoms with E-state index in [4.69, 9.17) is 11.6 Å². The summed E-state index contributed by atoms with van der Waals surface area (Å²) in [5.41, 5.74) is 3.61. The van der Waals surface area contributed by atoms with Crippen LogP contribution in [0.4, 0.5) is 0 Å². The molecule has 1 aliphatic heterocycles. The van der Waals surface area contributed by atoms with Crippen molar-refractivity contribution in [2.45, 2.75) is 32.5 Å². The maximum atomic E-state index is 13.5. The van der Waals surface area contributed by atoms with Crippen molar-refractivity contribution in [1.82, 2.24) is 9.80 Å². The second kappa shape index (κ2) is 10.6. The number of carbonyl (C=O) groups excluding carboxylic acids is 1. The average Bonchev–Trinajstić information content (AvgIpc) is 2.82. The van der Waals surface area contributed by atoms with Crippen LogP contribution < -0.4 is 0 Å². The molecule has 0 radical (unpaired) electrons. The third-order valence-corrected chi connectivity index (χ3v) is 6.25. The van der Waals surface area contributed by atoms with E-state index in [0.717, 1.165) is 37.5 Å². The predicted octanol–water partition coefficient (Wildman–Crippen LogP) is 5.78. The molecular formula is C27H29ClN2O. The van der Waals surface area contributed by atoms with E-state index in [1.54, 1.807) is 0 Å². The lowest BCUT2D eigenvalue weighted by molar-refractivity contribution is -0.138. The summed E-state index contributed by atoms with van der Waals surface area (Å²) in [5, 5.41) is 0.768. The number of carbonyl (C=O) groups is 1. The number of halogens is 1. The fourth-order valence-corrected chi connectivity index (χ4v) is 4.39. The second-order valence-electron chi connectivity index (χ2n) is 8.34. The fourth-order valence-electron chi connectivity index (χ4n) is 4.26. The first-order valence-electron chi connectivity index (χ1n) is 11.0. The summed E-state index contributed by atoms with van der Waals surface area (Å²) in [5.74, 6) is 0.368. The van der Waals surface area contributed by atoms with Gasteiger partial charge in [0.1, 0.15) is 0 Å². The van der Waals surface area contributed by atoms with Gasteiger partial charge in [-0.25, -0.2) is 0 Å². The van der Waals surface area contributed by atoms with Gasteiger partial charge in [0.25, 0.3) is 0 Å². The van der Waals surface area contributed by atoms with Crippen molar-refractivity contribution in [3.8, 4) is 0 Å². The van der Waals surface area contributed by atoms with E-state index in [1.165, 1.54) is 16.7 Å². The first-order valence-corrected chi connectivity index (χ1v) is 11.4. The van der Waals surface area contributed by atoms with Crippen molar-refractivity contribution >= 4 is 17.5 Å². The van der Waals surface area contributed by atoms with Gasteiger partial charge in [0, 0.05) is 30.6 Å². The number of hydrogen-bond donors (Lipinski definition) is 0. The minimum absolute atomic E-state index is 0.0916. The van der Waals surface area contributed by atoms with Crippen LogP contribution in [0.25, 0.3) is 0 Å². The van der Waals surface area contributed by atoms with Gasteiger partial charge in [0.15, 0.2) is 0 Å². The molecule has 1 fully saturated rings. The van der Waals surface area contributed by atoms with E-state index >= 15 is 0 Å². The van der Waals surface area contributed by atoms with Gasteiger partial charge in [-0.2, -0.15) is 0 Å². The van der Waals surface area contributed by atoms with Gasteiger partial charge >= 0.3 is 0 Å². The normalized spacial score (nSPS) is 15.0. The Morgan fingerprint density at radius 1 is 0.774 bits per heavy atom. The van der Waals surface area contributed by atoms with Crippen LogP contribution >= 0.6 is 11.6 Å². The Labute approximate surface area is 190 Å². The monoisotopic (exact) mass is 432 g/mol. The molecule has 0 atom stereocenters. The lowest BCUT2D eigenvalue weighted by Gasteiger charge is -2.34. The summed E-state index contributed by atoms with van der Waals surface area (Å²) in [7, 11) is 0. The molecule has 1 amide bonds. The van der Waals surface area contributed by atoms with Crippen molar-refractivity contribution in [2.75, 3.05) is 13.1 Å². The molecule has 0 aliphatic carbocycles. The third-order valence-electron chi connectivity index (χ3n) is 6.00. The molecule has 0 N–H and O–H groups in total. The number of benzene rings is 3. The van der Waals surface area contributed by atoms with Gasteiger partial charge in [-0.3, -0.25) is 9.69 Å². The van der Waals surface area contributed by atoms with Crippen LogP contribution in [0.1, 0.15) is 29.5 Å². The molecule has 1 saturated heterocycles. The van der Waals surface area contributed by atoms with Gasteiger partial charge in [-0.1, -0.05) is 84.4 Å². The summed E-state index contributed by atoms with van der Waals surface area (Å²) < 4.78 is 0.